The molecule has 1 atom stereocenters. The van der Waals surface area contributed by atoms with E-state index in [0.29, 0.717) is 28.4 Å². The average molecular weight is 358 g/mol. The molecule has 26 heavy (non-hydrogen) atoms. The number of H-pyrrole nitrogens is 1. The van der Waals surface area contributed by atoms with Crippen molar-refractivity contribution >= 4 is 22.8 Å². The van der Waals surface area contributed by atoms with E-state index < -0.39 is 11.8 Å². The van der Waals surface area contributed by atoms with Crippen LogP contribution in [0.5, 0.6) is 0 Å². The van der Waals surface area contributed by atoms with E-state index in [1.165, 1.54) is 6.07 Å². The van der Waals surface area contributed by atoms with Crippen molar-refractivity contribution in [3.05, 3.63) is 30.3 Å². The van der Waals surface area contributed by atoms with Crippen molar-refractivity contribution in [2.75, 3.05) is 5.32 Å². The molecule has 0 saturated carbocycles. The lowest BCUT2D eigenvalue weighted by molar-refractivity contribution is -0.137. The van der Waals surface area contributed by atoms with Gasteiger partial charge in [-0.2, -0.15) is 5.10 Å². The lowest BCUT2D eigenvalue weighted by atomic mass is 9.85. The minimum Gasteiger partial charge on any atom is -0.481 e. The summed E-state index contributed by atoms with van der Waals surface area (Å²) in [5.74, 6) is -0.590. The van der Waals surface area contributed by atoms with Gasteiger partial charge in [0.2, 0.25) is 0 Å². The van der Waals surface area contributed by atoms with Crippen LogP contribution in [0.3, 0.4) is 0 Å². The number of rotatable bonds is 5. The molecule has 0 saturated heterocycles. The summed E-state index contributed by atoms with van der Waals surface area (Å²) in [5, 5.41) is 19.6. The standard InChI is InChI=1S/C17H19FN6O2/c1-17(2,3)11(7-13(25)26)21-12-4-5-19-16(22-12)14-10-6-9(18)8-20-15(10)24-23-14/h4-6,8,11H,7H2,1-3H3,(H,25,26)(H,19,21,22)(H,20,23,24)/t11-/m1/s1. The van der Waals surface area contributed by atoms with E-state index in [9.17, 15) is 9.18 Å². The molecule has 0 spiro atoms. The van der Waals surface area contributed by atoms with Crippen molar-refractivity contribution in [1.82, 2.24) is 25.1 Å². The van der Waals surface area contributed by atoms with Crippen molar-refractivity contribution in [2.45, 2.75) is 33.2 Å². The van der Waals surface area contributed by atoms with Gasteiger partial charge < -0.3 is 10.4 Å². The maximum atomic E-state index is 13.5. The van der Waals surface area contributed by atoms with Gasteiger partial charge in [-0.05, 0) is 17.5 Å². The summed E-state index contributed by atoms with van der Waals surface area (Å²) in [6, 6.07) is 2.63. The van der Waals surface area contributed by atoms with Gasteiger partial charge in [-0.3, -0.25) is 9.89 Å². The number of halogens is 1. The quantitative estimate of drug-likeness (QED) is 0.642. The zero-order valence-electron chi connectivity index (χ0n) is 14.6. The number of aromatic nitrogens is 5. The first-order valence-corrected chi connectivity index (χ1v) is 8.05. The summed E-state index contributed by atoms with van der Waals surface area (Å²) < 4.78 is 13.5. The SMILES string of the molecule is CC(C)(C)[C@@H](CC(=O)O)Nc1ccnc(-c2[nH]nc3ncc(F)cc23)n1. The van der Waals surface area contributed by atoms with E-state index in [1.807, 2.05) is 20.8 Å². The first-order chi connectivity index (χ1) is 12.2. The van der Waals surface area contributed by atoms with Crippen molar-refractivity contribution in [3.63, 3.8) is 0 Å². The van der Waals surface area contributed by atoms with Crippen molar-refractivity contribution in [2.24, 2.45) is 5.41 Å². The number of nitrogens with zero attached hydrogens (tertiary/aromatic N) is 4. The second-order valence-electron chi connectivity index (χ2n) is 7.05. The first-order valence-electron chi connectivity index (χ1n) is 8.05. The van der Waals surface area contributed by atoms with Gasteiger partial charge in [0.05, 0.1) is 18.0 Å². The minimum absolute atomic E-state index is 0.0506. The normalized spacial score (nSPS) is 12.9. The highest BCUT2D eigenvalue weighted by Gasteiger charge is 2.27. The van der Waals surface area contributed by atoms with Crippen LogP contribution in [0, 0.1) is 11.2 Å². The van der Waals surface area contributed by atoms with Crippen LogP contribution in [0.1, 0.15) is 27.2 Å². The molecule has 0 fully saturated rings. The van der Waals surface area contributed by atoms with Gasteiger partial charge in [-0.15, -0.1) is 0 Å². The van der Waals surface area contributed by atoms with Crippen LogP contribution >= 0.6 is 0 Å². The fourth-order valence-corrected chi connectivity index (χ4v) is 2.53. The fraction of sp³-hybridized carbons (Fsp3) is 0.353. The Hall–Kier alpha value is -3.10. The summed E-state index contributed by atoms with van der Waals surface area (Å²) in [6.07, 6.45) is 2.58. The highest BCUT2D eigenvalue weighted by atomic mass is 19.1. The van der Waals surface area contributed by atoms with Gasteiger partial charge in [0.15, 0.2) is 11.5 Å². The number of aromatic amines is 1. The second-order valence-corrected chi connectivity index (χ2v) is 7.05. The molecule has 0 bridgehead atoms. The van der Waals surface area contributed by atoms with E-state index in [0.717, 1.165) is 6.20 Å². The summed E-state index contributed by atoms with van der Waals surface area (Å²) in [5.41, 5.74) is 0.514. The highest BCUT2D eigenvalue weighted by molar-refractivity contribution is 5.88. The molecule has 0 radical (unpaired) electrons. The number of hydrogen-bond donors (Lipinski definition) is 3. The van der Waals surface area contributed by atoms with E-state index in [4.69, 9.17) is 5.11 Å². The van der Waals surface area contributed by atoms with Gasteiger partial charge in [0.25, 0.3) is 0 Å². The zero-order valence-corrected chi connectivity index (χ0v) is 14.6. The Labute approximate surface area is 148 Å². The molecular formula is C17H19FN6O2. The number of anilines is 1. The lowest BCUT2D eigenvalue weighted by Crippen LogP contribution is -2.36. The largest absolute Gasteiger partial charge is 0.481 e. The van der Waals surface area contributed by atoms with Crippen molar-refractivity contribution in [1.29, 1.82) is 0 Å². The Balaban J connectivity index is 1.94. The number of pyridine rings is 1. The Bertz CT molecular complexity index is 950. The predicted molar refractivity (Wildman–Crippen MR) is 94.0 cm³/mol. The van der Waals surface area contributed by atoms with Gasteiger partial charge >= 0.3 is 5.97 Å². The van der Waals surface area contributed by atoms with Gasteiger partial charge in [0.1, 0.15) is 17.3 Å². The average Bonchev–Trinajstić information content (AvgIpc) is 2.96. The first kappa shape index (κ1) is 17.7. The van der Waals surface area contributed by atoms with E-state index in [-0.39, 0.29) is 17.9 Å². The third-order valence-corrected chi connectivity index (χ3v) is 4.00. The Morgan fingerprint density at radius 2 is 2.15 bits per heavy atom. The molecule has 0 aliphatic carbocycles. The monoisotopic (exact) mass is 358 g/mol. The molecule has 3 aromatic heterocycles. The number of fused-ring (bicyclic) bond motifs is 1. The minimum atomic E-state index is -0.896. The van der Waals surface area contributed by atoms with Crippen LogP contribution in [0.15, 0.2) is 24.5 Å². The Morgan fingerprint density at radius 1 is 1.38 bits per heavy atom. The molecule has 9 heteroatoms. The van der Waals surface area contributed by atoms with Crippen molar-refractivity contribution < 1.29 is 14.3 Å². The fourth-order valence-electron chi connectivity index (χ4n) is 2.53. The van der Waals surface area contributed by atoms with Crippen LogP contribution in [0.2, 0.25) is 0 Å². The number of hydrogen-bond acceptors (Lipinski definition) is 6. The van der Waals surface area contributed by atoms with E-state index >= 15 is 0 Å². The molecular weight excluding hydrogens is 339 g/mol. The number of aliphatic carboxylic acids is 1. The molecule has 8 nitrogen and oxygen atoms in total. The lowest BCUT2D eigenvalue weighted by Gasteiger charge is -2.30. The number of carbonyl (C=O) groups is 1. The zero-order chi connectivity index (χ0) is 18.9. The smallest absolute Gasteiger partial charge is 0.305 e. The maximum absolute atomic E-state index is 13.5. The molecule has 3 aromatic rings. The number of carboxylic acids is 1. The molecule has 0 aromatic carbocycles. The van der Waals surface area contributed by atoms with Gasteiger partial charge in [-0.1, -0.05) is 20.8 Å². The van der Waals surface area contributed by atoms with Gasteiger partial charge in [0, 0.05) is 12.2 Å². The van der Waals surface area contributed by atoms with Crippen molar-refractivity contribution in [3.8, 4) is 11.5 Å². The molecule has 3 rings (SSSR count). The Morgan fingerprint density at radius 3 is 2.85 bits per heavy atom. The third kappa shape index (κ3) is 3.76. The van der Waals surface area contributed by atoms with E-state index in [2.05, 4.69) is 30.5 Å². The molecule has 3 heterocycles. The topological polar surface area (TPSA) is 117 Å². The van der Waals surface area contributed by atoms with Crippen LogP contribution < -0.4 is 5.32 Å². The van der Waals surface area contributed by atoms with Crippen LogP contribution in [0.25, 0.3) is 22.6 Å². The summed E-state index contributed by atoms with van der Waals surface area (Å²) in [6.45, 7) is 5.85. The molecule has 0 aliphatic heterocycles. The molecule has 0 unspecified atom stereocenters. The number of nitrogens with one attached hydrogen (secondary N) is 2. The highest BCUT2D eigenvalue weighted by Crippen LogP contribution is 2.27. The second kappa shape index (κ2) is 6.66. The summed E-state index contributed by atoms with van der Waals surface area (Å²) in [4.78, 5) is 23.7. The third-order valence-electron chi connectivity index (χ3n) is 4.00. The molecule has 0 amide bonds. The van der Waals surface area contributed by atoms with Crippen LogP contribution in [0.4, 0.5) is 10.2 Å². The molecule has 136 valence electrons. The van der Waals surface area contributed by atoms with E-state index in [1.54, 1.807) is 12.3 Å². The maximum Gasteiger partial charge on any atom is 0.305 e. The van der Waals surface area contributed by atoms with Crippen LogP contribution in [-0.4, -0.2) is 42.3 Å². The Kier molecular flexibility index (Phi) is 4.54. The predicted octanol–water partition coefficient (Wildman–Crippen LogP) is 2.86. The summed E-state index contributed by atoms with van der Waals surface area (Å²) in [7, 11) is 0. The number of carboxylic acid groups (broad SMARTS) is 1. The van der Waals surface area contributed by atoms with Crippen LogP contribution in [-0.2, 0) is 4.79 Å². The summed E-state index contributed by atoms with van der Waals surface area (Å²) >= 11 is 0. The molecule has 3 N–H and O–H groups in total. The molecule has 0 aliphatic rings. The van der Waals surface area contributed by atoms with Gasteiger partial charge in [-0.25, -0.2) is 19.3 Å².